The van der Waals surface area contributed by atoms with Gasteiger partial charge in [0, 0.05) is 11.4 Å². The second-order valence-corrected chi connectivity index (χ2v) is 7.06. The van der Waals surface area contributed by atoms with Crippen LogP contribution in [-0.2, 0) is 4.79 Å². The lowest BCUT2D eigenvalue weighted by atomic mass is 9.98. The number of nitrogens with one attached hydrogen (secondary N) is 2. The van der Waals surface area contributed by atoms with Crippen molar-refractivity contribution >= 4 is 17.3 Å². The standard InChI is InChI=1S/C22H30N2O/c1-7-15(3)19-8-10-20(11-9-19)23-18(6)22(25)24-21-16(4)12-14(2)13-17(21)5/h8-13,15,18,23H,7H2,1-6H3,(H,24,25)/t15-,18+/m0/s1. The van der Waals surface area contributed by atoms with E-state index in [2.05, 4.69) is 55.7 Å². The summed E-state index contributed by atoms with van der Waals surface area (Å²) in [4.78, 5) is 12.6. The Morgan fingerprint density at radius 2 is 1.56 bits per heavy atom. The molecular formula is C22H30N2O. The van der Waals surface area contributed by atoms with E-state index in [4.69, 9.17) is 0 Å². The molecule has 0 radical (unpaired) electrons. The molecule has 0 aliphatic heterocycles. The topological polar surface area (TPSA) is 41.1 Å². The van der Waals surface area contributed by atoms with Crippen molar-refractivity contribution in [2.45, 2.75) is 59.9 Å². The molecule has 25 heavy (non-hydrogen) atoms. The third-order valence-corrected chi connectivity index (χ3v) is 4.79. The fraction of sp³-hybridized carbons (Fsp3) is 0.409. The fourth-order valence-corrected chi connectivity index (χ4v) is 3.07. The van der Waals surface area contributed by atoms with E-state index in [0.29, 0.717) is 5.92 Å². The van der Waals surface area contributed by atoms with Crippen molar-refractivity contribution in [3.63, 3.8) is 0 Å². The summed E-state index contributed by atoms with van der Waals surface area (Å²) in [6.45, 7) is 12.4. The van der Waals surface area contributed by atoms with Gasteiger partial charge in [0.2, 0.25) is 5.91 Å². The van der Waals surface area contributed by atoms with Gasteiger partial charge in [-0.25, -0.2) is 0 Å². The lowest BCUT2D eigenvalue weighted by Crippen LogP contribution is -2.32. The maximum Gasteiger partial charge on any atom is 0.246 e. The smallest absolute Gasteiger partial charge is 0.246 e. The van der Waals surface area contributed by atoms with Crippen LogP contribution in [0.1, 0.15) is 55.4 Å². The lowest BCUT2D eigenvalue weighted by molar-refractivity contribution is -0.116. The quantitative estimate of drug-likeness (QED) is 0.723. The second-order valence-electron chi connectivity index (χ2n) is 7.06. The highest BCUT2D eigenvalue weighted by Crippen LogP contribution is 2.23. The summed E-state index contributed by atoms with van der Waals surface area (Å²) in [5.41, 5.74) is 6.60. The van der Waals surface area contributed by atoms with E-state index in [1.807, 2.05) is 32.9 Å². The normalized spacial score (nSPS) is 13.2. The van der Waals surface area contributed by atoms with Gasteiger partial charge in [-0.15, -0.1) is 0 Å². The Balaban J connectivity index is 2.03. The molecule has 0 aliphatic rings. The molecule has 0 fully saturated rings. The van der Waals surface area contributed by atoms with E-state index < -0.39 is 0 Å². The van der Waals surface area contributed by atoms with Gasteiger partial charge in [0.05, 0.1) is 0 Å². The molecule has 2 N–H and O–H groups in total. The van der Waals surface area contributed by atoms with E-state index in [1.54, 1.807) is 0 Å². The van der Waals surface area contributed by atoms with Crippen molar-refractivity contribution in [2.24, 2.45) is 0 Å². The minimum atomic E-state index is -0.311. The van der Waals surface area contributed by atoms with Crippen molar-refractivity contribution in [3.8, 4) is 0 Å². The van der Waals surface area contributed by atoms with Crippen molar-refractivity contribution in [1.29, 1.82) is 0 Å². The number of carbonyl (C=O) groups is 1. The highest BCUT2D eigenvalue weighted by molar-refractivity contribution is 5.97. The van der Waals surface area contributed by atoms with Gasteiger partial charge in [-0.2, -0.15) is 0 Å². The van der Waals surface area contributed by atoms with Gasteiger partial charge in [0.25, 0.3) is 0 Å². The summed E-state index contributed by atoms with van der Waals surface area (Å²) >= 11 is 0. The van der Waals surface area contributed by atoms with Gasteiger partial charge in [0.1, 0.15) is 6.04 Å². The van der Waals surface area contributed by atoms with Crippen molar-refractivity contribution < 1.29 is 4.79 Å². The minimum absolute atomic E-state index is 0.0268. The predicted molar refractivity (Wildman–Crippen MR) is 108 cm³/mol. The summed E-state index contributed by atoms with van der Waals surface area (Å²) < 4.78 is 0. The summed E-state index contributed by atoms with van der Waals surface area (Å²) in [6.07, 6.45) is 1.13. The minimum Gasteiger partial charge on any atom is -0.374 e. The van der Waals surface area contributed by atoms with Gasteiger partial charge >= 0.3 is 0 Å². The first kappa shape index (κ1) is 19.0. The molecule has 2 aromatic rings. The Morgan fingerprint density at radius 3 is 2.08 bits per heavy atom. The van der Waals surface area contributed by atoms with E-state index in [0.717, 1.165) is 28.9 Å². The lowest BCUT2D eigenvalue weighted by Gasteiger charge is -2.18. The monoisotopic (exact) mass is 338 g/mol. The zero-order valence-corrected chi connectivity index (χ0v) is 16.2. The van der Waals surface area contributed by atoms with Gasteiger partial charge < -0.3 is 10.6 Å². The fourth-order valence-electron chi connectivity index (χ4n) is 3.07. The van der Waals surface area contributed by atoms with Crippen molar-refractivity contribution in [1.82, 2.24) is 0 Å². The van der Waals surface area contributed by atoms with Crippen LogP contribution in [0.4, 0.5) is 11.4 Å². The molecule has 0 aromatic heterocycles. The summed E-state index contributed by atoms with van der Waals surface area (Å²) in [5.74, 6) is 0.531. The number of hydrogen-bond donors (Lipinski definition) is 2. The number of amides is 1. The first-order valence-corrected chi connectivity index (χ1v) is 9.07. The molecule has 0 aliphatic carbocycles. The third kappa shape index (κ3) is 4.85. The number of anilines is 2. The van der Waals surface area contributed by atoms with Gasteiger partial charge in [0.15, 0.2) is 0 Å². The van der Waals surface area contributed by atoms with Crippen LogP contribution in [0.2, 0.25) is 0 Å². The molecule has 2 atom stereocenters. The van der Waals surface area contributed by atoms with E-state index in [-0.39, 0.29) is 11.9 Å². The Hall–Kier alpha value is -2.29. The maximum atomic E-state index is 12.6. The molecule has 3 heteroatoms. The molecule has 0 unspecified atom stereocenters. The van der Waals surface area contributed by atoms with Crippen LogP contribution in [-0.4, -0.2) is 11.9 Å². The van der Waals surface area contributed by atoms with Crippen LogP contribution in [0.3, 0.4) is 0 Å². The predicted octanol–water partition coefficient (Wildman–Crippen LogP) is 5.56. The highest BCUT2D eigenvalue weighted by Gasteiger charge is 2.15. The van der Waals surface area contributed by atoms with Crippen LogP contribution in [0.25, 0.3) is 0 Å². The summed E-state index contributed by atoms with van der Waals surface area (Å²) in [6, 6.07) is 12.2. The van der Waals surface area contributed by atoms with Gasteiger partial charge in [-0.3, -0.25) is 4.79 Å². The van der Waals surface area contributed by atoms with Crippen molar-refractivity contribution in [2.75, 3.05) is 10.6 Å². The van der Waals surface area contributed by atoms with Crippen LogP contribution in [0.5, 0.6) is 0 Å². The molecule has 0 heterocycles. The van der Waals surface area contributed by atoms with Crippen LogP contribution in [0.15, 0.2) is 36.4 Å². The first-order chi connectivity index (χ1) is 11.8. The van der Waals surface area contributed by atoms with E-state index in [9.17, 15) is 4.79 Å². The average Bonchev–Trinajstić information content (AvgIpc) is 2.57. The number of hydrogen-bond acceptors (Lipinski definition) is 2. The van der Waals surface area contributed by atoms with Crippen LogP contribution < -0.4 is 10.6 Å². The summed E-state index contributed by atoms with van der Waals surface area (Å²) in [5, 5.41) is 6.35. The number of carbonyl (C=O) groups excluding carboxylic acids is 1. The molecule has 1 amide bonds. The molecule has 3 nitrogen and oxygen atoms in total. The Morgan fingerprint density at radius 1 is 1.00 bits per heavy atom. The van der Waals surface area contributed by atoms with Gasteiger partial charge in [-0.05, 0) is 68.9 Å². The van der Waals surface area contributed by atoms with Crippen LogP contribution >= 0.6 is 0 Å². The SMILES string of the molecule is CC[C@H](C)c1ccc(N[C@H](C)C(=O)Nc2c(C)cc(C)cc2C)cc1. The Kier molecular flexibility index (Phi) is 6.24. The maximum absolute atomic E-state index is 12.6. The molecule has 0 spiro atoms. The zero-order valence-electron chi connectivity index (χ0n) is 16.2. The second kappa shape index (κ2) is 8.19. The van der Waals surface area contributed by atoms with Crippen LogP contribution in [0, 0.1) is 20.8 Å². The third-order valence-electron chi connectivity index (χ3n) is 4.79. The number of rotatable bonds is 6. The summed E-state index contributed by atoms with van der Waals surface area (Å²) in [7, 11) is 0. The zero-order chi connectivity index (χ0) is 18.6. The average molecular weight is 338 g/mol. The molecule has 0 bridgehead atoms. The molecule has 0 saturated carbocycles. The van der Waals surface area contributed by atoms with Gasteiger partial charge in [-0.1, -0.05) is 43.7 Å². The Labute approximate surface area is 151 Å². The number of benzene rings is 2. The van der Waals surface area contributed by atoms with E-state index >= 15 is 0 Å². The highest BCUT2D eigenvalue weighted by atomic mass is 16.2. The number of aryl methyl sites for hydroxylation is 3. The van der Waals surface area contributed by atoms with E-state index in [1.165, 1.54) is 11.1 Å². The molecule has 2 aromatic carbocycles. The largest absolute Gasteiger partial charge is 0.374 e. The Bertz CT molecular complexity index is 711. The molecular weight excluding hydrogens is 308 g/mol. The molecule has 134 valence electrons. The molecule has 2 rings (SSSR count). The van der Waals surface area contributed by atoms with Crippen molar-refractivity contribution in [3.05, 3.63) is 58.7 Å². The molecule has 0 saturated heterocycles. The first-order valence-electron chi connectivity index (χ1n) is 9.07.